The molecule has 0 aliphatic heterocycles. The molecule has 0 spiro atoms. The first-order valence-electron chi connectivity index (χ1n) is 10.5. The Hall–Kier alpha value is -3.25. The summed E-state index contributed by atoms with van der Waals surface area (Å²) < 4.78 is 11.0. The van der Waals surface area contributed by atoms with E-state index >= 15 is 0 Å². The van der Waals surface area contributed by atoms with Crippen molar-refractivity contribution in [3.63, 3.8) is 0 Å². The number of Topliss-reactive ketones (excluding diaryl/α,β-unsaturated/α-hetero) is 1. The van der Waals surface area contributed by atoms with Gasteiger partial charge in [0.2, 0.25) is 5.91 Å². The van der Waals surface area contributed by atoms with Crippen molar-refractivity contribution in [1.29, 1.82) is 5.26 Å². The number of carbonyl (C=O) groups is 3. The van der Waals surface area contributed by atoms with Gasteiger partial charge >= 0.3 is 6.16 Å². The van der Waals surface area contributed by atoms with Gasteiger partial charge in [-0.1, -0.05) is 19.4 Å². The SMILES string of the molecule is CC(=O)/C(C)=C(\C)C(C)(C)CC(=O)N(C)CCCOC(=O)Oc1ccc2nc(C#N)sc2c1. The van der Waals surface area contributed by atoms with Gasteiger partial charge in [-0.05, 0) is 50.3 Å². The third kappa shape index (κ3) is 7.12. The molecule has 0 N–H and O–H groups in total. The minimum Gasteiger partial charge on any atom is -0.434 e. The third-order valence-electron chi connectivity index (χ3n) is 5.64. The van der Waals surface area contributed by atoms with Crippen molar-refractivity contribution in [1.82, 2.24) is 9.88 Å². The molecular weight excluding hydrogens is 442 g/mol. The van der Waals surface area contributed by atoms with Crippen LogP contribution in [0.3, 0.4) is 0 Å². The number of allylic oxidation sites excluding steroid dienone is 2. The monoisotopic (exact) mass is 471 g/mol. The Morgan fingerprint density at radius 1 is 1.21 bits per heavy atom. The van der Waals surface area contributed by atoms with E-state index in [1.807, 2.05) is 26.8 Å². The van der Waals surface area contributed by atoms with Crippen molar-refractivity contribution < 1.29 is 23.9 Å². The van der Waals surface area contributed by atoms with E-state index in [2.05, 4.69) is 4.98 Å². The van der Waals surface area contributed by atoms with Gasteiger partial charge in [-0.2, -0.15) is 5.26 Å². The van der Waals surface area contributed by atoms with Gasteiger partial charge in [0.25, 0.3) is 0 Å². The van der Waals surface area contributed by atoms with E-state index in [1.54, 1.807) is 37.1 Å². The molecule has 0 aliphatic rings. The molecule has 1 heterocycles. The number of ketones is 1. The van der Waals surface area contributed by atoms with Gasteiger partial charge in [0.1, 0.15) is 11.8 Å². The van der Waals surface area contributed by atoms with Crippen molar-refractivity contribution in [3.8, 4) is 11.8 Å². The number of nitrogens with zero attached hydrogens (tertiary/aromatic N) is 3. The number of carbonyl (C=O) groups excluding carboxylic acids is 3. The maximum atomic E-state index is 12.6. The fourth-order valence-corrected chi connectivity index (χ4v) is 3.93. The van der Waals surface area contributed by atoms with Gasteiger partial charge in [-0.3, -0.25) is 9.59 Å². The van der Waals surface area contributed by atoms with Gasteiger partial charge in [-0.25, -0.2) is 9.78 Å². The van der Waals surface area contributed by atoms with Crippen LogP contribution in [0.5, 0.6) is 5.75 Å². The van der Waals surface area contributed by atoms with Crippen molar-refractivity contribution in [2.45, 2.75) is 47.5 Å². The Balaban J connectivity index is 1.79. The van der Waals surface area contributed by atoms with Gasteiger partial charge in [0.15, 0.2) is 10.8 Å². The van der Waals surface area contributed by atoms with Crippen LogP contribution in [0.25, 0.3) is 10.2 Å². The molecule has 0 bridgehead atoms. The van der Waals surface area contributed by atoms with Crippen molar-refractivity contribution in [3.05, 3.63) is 34.4 Å². The van der Waals surface area contributed by atoms with Crippen LogP contribution < -0.4 is 4.74 Å². The largest absolute Gasteiger partial charge is 0.513 e. The van der Waals surface area contributed by atoms with E-state index in [1.165, 1.54) is 18.3 Å². The number of ether oxygens (including phenoxy) is 2. The Labute approximate surface area is 197 Å². The van der Waals surface area contributed by atoms with E-state index in [-0.39, 0.29) is 24.7 Å². The molecule has 0 aliphatic carbocycles. The molecule has 0 atom stereocenters. The van der Waals surface area contributed by atoms with Crippen LogP contribution in [0.2, 0.25) is 0 Å². The van der Waals surface area contributed by atoms with Crippen LogP contribution in [0.15, 0.2) is 29.3 Å². The molecule has 33 heavy (non-hydrogen) atoms. The van der Waals surface area contributed by atoms with Crippen molar-refractivity contribution >= 4 is 39.4 Å². The number of hydrogen-bond acceptors (Lipinski definition) is 8. The molecule has 0 fully saturated rings. The number of aromatic nitrogens is 1. The molecule has 1 aromatic heterocycles. The fourth-order valence-electron chi connectivity index (χ4n) is 3.14. The quantitative estimate of drug-likeness (QED) is 0.222. The highest BCUT2D eigenvalue weighted by molar-refractivity contribution is 7.19. The Morgan fingerprint density at radius 2 is 1.91 bits per heavy atom. The predicted octanol–water partition coefficient (Wildman–Crippen LogP) is 4.87. The van der Waals surface area contributed by atoms with E-state index in [9.17, 15) is 14.4 Å². The molecule has 0 unspecified atom stereocenters. The van der Waals surface area contributed by atoms with Crippen LogP contribution in [-0.2, 0) is 14.3 Å². The van der Waals surface area contributed by atoms with Crippen LogP contribution in [0.1, 0.15) is 52.5 Å². The summed E-state index contributed by atoms with van der Waals surface area (Å²) in [5.41, 5.74) is 1.81. The molecule has 176 valence electrons. The lowest BCUT2D eigenvalue weighted by molar-refractivity contribution is -0.131. The van der Waals surface area contributed by atoms with Crippen LogP contribution >= 0.6 is 11.3 Å². The number of rotatable bonds is 9. The van der Waals surface area contributed by atoms with E-state index in [0.29, 0.717) is 34.8 Å². The lowest BCUT2D eigenvalue weighted by Crippen LogP contribution is -2.33. The fraction of sp³-hybridized carbons (Fsp3) is 0.458. The molecule has 8 nitrogen and oxygen atoms in total. The normalized spacial score (nSPS) is 12.0. The van der Waals surface area contributed by atoms with Gasteiger partial charge in [0, 0.05) is 26.1 Å². The highest BCUT2D eigenvalue weighted by Gasteiger charge is 2.27. The molecule has 0 saturated carbocycles. The topological polar surface area (TPSA) is 110 Å². The maximum Gasteiger partial charge on any atom is 0.513 e. The first kappa shape index (κ1) is 26.0. The Bertz CT molecular complexity index is 1130. The summed E-state index contributed by atoms with van der Waals surface area (Å²) in [5, 5.41) is 9.26. The number of fused-ring (bicyclic) bond motifs is 1. The van der Waals surface area contributed by atoms with E-state index < -0.39 is 11.6 Å². The number of hydrogen-bond donors (Lipinski definition) is 0. The minimum absolute atomic E-state index is 0.00399. The summed E-state index contributed by atoms with van der Waals surface area (Å²) >= 11 is 1.21. The Kier molecular flexibility index (Phi) is 8.71. The summed E-state index contributed by atoms with van der Waals surface area (Å²) in [5.74, 6) is 0.261. The van der Waals surface area contributed by atoms with Gasteiger partial charge in [0.05, 0.1) is 16.8 Å². The van der Waals surface area contributed by atoms with Crippen LogP contribution in [-0.4, -0.2) is 47.9 Å². The summed E-state index contributed by atoms with van der Waals surface area (Å²) in [4.78, 5) is 41.9. The average Bonchev–Trinajstić information content (AvgIpc) is 3.17. The average molecular weight is 472 g/mol. The van der Waals surface area contributed by atoms with E-state index in [4.69, 9.17) is 14.7 Å². The summed E-state index contributed by atoms with van der Waals surface area (Å²) in [6.45, 7) is 9.61. The highest BCUT2D eigenvalue weighted by Crippen LogP contribution is 2.33. The summed E-state index contributed by atoms with van der Waals surface area (Å²) in [6, 6.07) is 6.88. The molecule has 9 heteroatoms. The number of benzene rings is 1. The minimum atomic E-state index is -0.838. The van der Waals surface area contributed by atoms with Crippen molar-refractivity contribution in [2.24, 2.45) is 5.41 Å². The first-order chi connectivity index (χ1) is 15.4. The van der Waals surface area contributed by atoms with Crippen LogP contribution in [0.4, 0.5) is 4.79 Å². The second kappa shape index (κ2) is 11.1. The smallest absolute Gasteiger partial charge is 0.434 e. The molecular formula is C24H29N3O5S. The zero-order valence-corrected chi connectivity index (χ0v) is 20.7. The summed E-state index contributed by atoms with van der Waals surface area (Å²) in [7, 11) is 1.70. The lowest BCUT2D eigenvalue weighted by atomic mass is 9.78. The molecule has 1 aromatic carbocycles. The second-order valence-electron chi connectivity index (χ2n) is 8.50. The second-order valence-corrected chi connectivity index (χ2v) is 9.53. The maximum absolute atomic E-state index is 12.6. The standard InChI is InChI=1S/C24H29N3O5S/c1-15(17(3)28)16(2)24(4,5)13-22(29)27(6)10-7-11-31-23(30)32-18-8-9-19-20(12-18)33-21(14-25)26-19/h8-9,12H,7,10-11,13H2,1-6H3/b16-15+. The molecule has 2 rings (SSSR count). The van der Waals surface area contributed by atoms with Gasteiger partial charge in [-0.15, -0.1) is 11.3 Å². The molecule has 2 aromatic rings. The third-order valence-corrected chi connectivity index (χ3v) is 6.56. The Morgan fingerprint density at radius 3 is 2.55 bits per heavy atom. The highest BCUT2D eigenvalue weighted by atomic mass is 32.1. The number of thiazole rings is 1. The van der Waals surface area contributed by atoms with Crippen molar-refractivity contribution in [2.75, 3.05) is 20.2 Å². The zero-order valence-electron chi connectivity index (χ0n) is 19.9. The predicted molar refractivity (Wildman–Crippen MR) is 126 cm³/mol. The lowest BCUT2D eigenvalue weighted by Gasteiger charge is -2.29. The first-order valence-corrected chi connectivity index (χ1v) is 11.3. The molecule has 0 saturated heterocycles. The van der Waals surface area contributed by atoms with Gasteiger partial charge < -0.3 is 14.4 Å². The number of amides is 1. The molecule has 0 radical (unpaired) electrons. The van der Waals surface area contributed by atoms with Crippen LogP contribution in [0, 0.1) is 16.7 Å². The number of nitriles is 1. The van der Waals surface area contributed by atoms with E-state index in [0.717, 1.165) is 10.3 Å². The summed E-state index contributed by atoms with van der Waals surface area (Å²) in [6.07, 6.45) is -0.107. The zero-order chi connectivity index (χ0) is 24.8. The molecule has 1 amide bonds.